The van der Waals surface area contributed by atoms with Crippen LogP contribution >= 0.6 is 0 Å². The van der Waals surface area contributed by atoms with Crippen LogP contribution in [0.15, 0.2) is 141 Å². The Labute approximate surface area is 280 Å². The lowest BCUT2D eigenvalue weighted by Gasteiger charge is -2.28. The molecule has 5 nitrogen and oxygen atoms in total. The molecule has 5 heteroatoms. The van der Waals surface area contributed by atoms with Crippen LogP contribution in [-0.4, -0.2) is 10.3 Å². The van der Waals surface area contributed by atoms with Crippen LogP contribution in [0.2, 0.25) is 0 Å². The first-order valence-corrected chi connectivity index (χ1v) is 17.0. The highest BCUT2D eigenvalue weighted by atomic mass is 16.3. The van der Waals surface area contributed by atoms with Gasteiger partial charge in [0.05, 0.1) is 22.1 Å². The average molecular weight is 632 g/mol. The van der Waals surface area contributed by atoms with Crippen molar-refractivity contribution in [3.8, 4) is 11.1 Å². The largest absolute Gasteiger partial charge is 0.456 e. The number of hydrogen-bond donors (Lipinski definition) is 1. The Morgan fingerprint density at radius 2 is 1.20 bits per heavy atom. The molecular formula is C44H29N3O2. The van der Waals surface area contributed by atoms with Crippen molar-refractivity contribution in [1.29, 1.82) is 0 Å². The van der Waals surface area contributed by atoms with E-state index in [2.05, 4.69) is 137 Å². The predicted octanol–water partition coefficient (Wildman–Crippen LogP) is 12.2. The van der Waals surface area contributed by atoms with E-state index >= 15 is 0 Å². The summed E-state index contributed by atoms with van der Waals surface area (Å²) >= 11 is 0. The van der Waals surface area contributed by atoms with Gasteiger partial charge in [-0.05, 0) is 47.5 Å². The quantitative estimate of drug-likeness (QED) is 0.206. The van der Waals surface area contributed by atoms with Gasteiger partial charge in [0.25, 0.3) is 0 Å². The summed E-state index contributed by atoms with van der Waals surface area (Å²) in [5.74, 6) is 0. The minimum absolute atomic E-state index is 0.402. The van der Waals surface area contributed by atoms with Crippen LogP contribution in [0.3, 0.4) is 0 Å². The van der Waals surface area contributed by atoms with Gasteiger partial charge < -0.3 is 14.2 Å². The Bertz CT molecular complexity index is 3050. The van der Waals surface area contributed by atoms with Gasteiger partial charge in [0.1, 0.15) is 22.3 Å². The number of rotatable bonds is 2. The van der Waals surface area contributed by atoms with Crippen molar-refractivity contribution < 1.29 is 8.83 Å². The molecule has 0 saturated carbocycles. The minimum atomic E-state index is -0.402. The summed E-state index contributed by atoms with van der Waals surface area (Å²) in [7, 11) is 0. The molecule has 0 amide bonds. The summed E-state index contributed by atoms with van der Waals surface area (Å²) in [4.78, 5) is 5.50. The molecule has 1 aliphatic heterocycles. The molecule has 0 radical (unpaired) electrons. The number of aliphatic imine (C=N–C) groups is 1. The van der Waals surface area contributed by atoms with E-state index in [-0.39, 0.29) is 0 Å². The highest BCUT2D eigenvalue weighted by Gasteiger charge is 2.31. The number of hydrogen-bond acceptors (Lipinski definition) is 4. The molecule has 1 unspecified atom stereocenters. The van der Waals surface area contributed by atoms with E-state index < -0.39 is 6.29 Å². The molecule has 49 heavy (non-hydrogen) atoms. The van der Waals surface area contributed by atoms with Crippen LogP contribution in [0.4, 0.5) is 5.69 Å². The van der Waals surface area contributed by atoms with Crippen LogP contribution in [0.25, 0.3) is 87.6 Å². The summed E-state index contributed by atoms with van der Waals surface area (Å²) in [5.41, 5.74) is 12.4. The molecule has 0 fully saturated rings. The summed E-state index contributed by atoms with van der Waals surface area (Å²) in [5, 5.41) is 13.0. The van der Waals surface area contributed by atoms with Gasteiger partial charge >= 0.3 is 0 Å². The molecule has 12 rings (SSSR count). The standard InChI is InChI=1S/C42H23N3O2.C2H6/c1-2-10-22(11-3-1)39-25-12-4-6-16-28(25)43-42(44-39)45-29-17-7-5-13-26(29)36-40(45)27-20-21-32-37-33-23(14-8-18-30(33)46-32)24-15-9-19-31-34(24)38(35(27)37)41(36)47-31;1-2/h1-21,42-43H;1-2H3. The normalized spacial score (nSPS) is 14.8. The molecule has 0 spiro atoms. The molecule has 4 heterocycles. The van der Waals surface area contributed by atoms with E-state index in [0.717, 1.165) is 93.6 Å². The molecular weight excluding hydrogens is 603 g/mol. The van der Waals surface area contributed by atoms with Gasteiger partial charge in [0.2, 0.25) is 6.29 Å². The maximum absolute atomic E-state index is 6.96. The fraction of sp³-hybridized carbons (Fsp3) is 0.0682. The van der Waals surface area contributed by atoms with Crippen LogP contribution in [0, 0.1) is 0 Å². The lowest BCUT2D eigenvalue weighted by atomic mass is 9.97. The van der Waals surface area contributed by atoms with Crippen LogP contribution in [-0.2, 0) is 0 Å². The molecule has 1 atom stereocenters. The van der Waals surface area contributed by atoms with E-state index in [1.807, 2.05) is 13.8 Å². The fourth-order valence-corrected chi connectivity index (χ4v) is 8.52. The molecule has 0 bridgehead atoms. The molecule has 2 aliphatic rings. The van der Waals surface area contributed by atoms with E-state index in [9.17, 15) is 0 Å². The molecule has 1 N–H and O–H groups in total. The second-order valence-corrected chi connectivity index (χ2v) is 12.6. The summed E-state index contributed by atoms with van der Waals surface area (Å²) in [6, 6.07) is 44.8. The van der Waals surface area contributed by atoms with E-state index in [4.69, 9.17) is 13.8 Å². The van der Waals surface area contributed by atoms with Crippen molar-refractivity contribution in [3.63, 3.8) is 0 Å². The van der Waals surface area contributed by atoms with Crippen molar-refractivity contribution in [2.24, 2.45) is 4.99 Å². The summed E-state index contributed by atoms with van der Waals surface area (Å²) in [6.07, 6.45) is -0.402. The monoisotopic (exact) mass is 631 g/mol. The lowest BCUT2D eigenvalue weighted by molar-refractivity contribution is 0.625. The topological polar surface area (TPSA) is 55.6 Å². The number of nitrogens with zero attached hydrogens (tertiary/aromatic N) is 2. The Hall–Kier alpha value is -6.33. The second-order valence-electron chi connectivity index (χ2n) is 12.6. The number of anilines is 1. The summed E-state index contributed by atoms with van der Waals surface area (Å²) < 4.78 is 15.9. The van der Waals surface area contributed by atoms with Gasteiger partial charge in [-0.1, -0.05) is 105 Å². The molecule has 3 aromatic heterocycles. The highest BCUT2D eigenvalue weighted by molar-refractivity contribution is 6.43. The number of furan rings is 2. The molecule has 10 aromatic rings. The lowest BCUT2D eigenvalue weighted by Crippen LogP contribution is -2.24. The van der Waals surface area contributed by atoms with Gasteiger partial charge in [-0.2, -0.15) is 0 Å². The first-order chi connectivity index (χ1) is 24.3. The molecule has 1 aliphatic carbocycles. The van der Waals surface area contributed by atoms with Crippen molar-refractivity contribution in [2.45, 2.75) is 20.1 Å². The van der Waals surface area contributed by atoms with Crippen LogP contribution in [0.5, 0.6) is 0 Å². The highest BCUT2D eigenvalue weighted by Crippen LogP contribution is 2.54. The molecule has 232 valence electrons. The number of para-hydroxylation sites is 2. The van der Waals surface area contributed by atoms with E-state index in [1.54, 1.807) is 0 Å². The maximum Gasteiger partial charge on any atom is 0.201 e. The SMILES string of the molecule is CC.c1ccc(C2=NC(n3c4ccccc4c4c5oc6cccc7c6c5c5c(ccc6oc8cccc-7c8c65)c43)Nc3ccccc32)cc1. The zero-order chi connectivity index (χ0) is 32.4. The van der Waals surface area contributed by atoms with Gasteiger partial charge in [-0.25, -0.2) is 4.99 Å². The minimum Gasteiger partial charge on any atom is -0.456 e. The van der Waals surface area contributed by atoms with Gasteiger partial charge in [-0.3, -0.25) is 4.57 Å². The van der Waals surface area contributed by atoms with Gasteiger partial charge in [0.15, 0.2) is 0 Å². The van der Waals surface area contributed by atoms with Crippen molar-refractivity contribution in [1.82, 2.24) is 4.57 Å². The molecule has 0 saturated heterocycles. The first kappa shape index (κ1) is 26.7. The third-order valence-electron chi connectivity index (χ3n) is 10.3. The third kappa shape index (κ3) is 3.31. The van der Waals surface area contributed by atoms with Crippen LogP contribution < -0.4 is 5.32 Å². The van der Waals surface area contributed by atoms with Crippen LogP contribution in [0.1, 0.15) is 31.3 Å². The first-order valence-electron chi connectivity index (χ1n) is 17.0. The number of nitrogens with one attached hydrogen (secondary N) is 1. The Morgan fingerprint density at radius 3 is 2.04 bits per heavy atom. The second kappa shape index (κ2) is 9.61. The predicted molar refractivity (Wildman–Crippen MR) is 203 cm³/mol. The Morgan fingerprint density at radius 1 is 0.531 bits per heavy atom. The van der Waals surface area contributed by atoms with Crippen molar-refractivity contribution in [2.75, 3.05) is 5.32 Å². The van der Waals surface area contributed by atoms with Crippen molar-refractivity contribution >= 4 is 87.9 Å². The molecule has 7 aromatic carbocycles. The maximum atomic E-state index is 6.96. The average Bonchev–Trinajstić information content (AvgIpc) is 3.82. The van der Waals surface area contributed by atoms with Gasteiger partial charge in [-0.15, -0.1) is 0 Å². The Kier molecular flexibility index (Phi) is 5.24. The zero-order valence-corrected chi connectivity index (χ0v) is 26.9. The number of fused-ring (bicyclic) bond motifs is 7. The van der Waals surface area contributed by atoms with Crippen molar-refractivity contribution in [3.05, 3.63) is 139 Å². The number of aromatic nitrogens is 1. The zero-order valence-electron chi connectivity index (χ0n) is 26.9. The summed E-state index contributed by atoms with van der Waals surface area (Å²) in [6.45, 7) is 4.00. The smallest absolute Gasteiger partial charge is 0.201 e. The van der Waals surface area contributed by atoms with E-state index in [0.29, 0.717) is 0 Å². The Balaban J connectivity index is 0.00000143. The van der Waals surface area contributed by atoms with Gasteiger partial charge in [0, 0.05) is 54.5 Å². The fourth-order valence-electron chi connectivity index (χ4n) is 8.52. The number of benzene rings is 7. The van der Waals surface area contributed by atoms with E-state index in [1.165, 1.54) is 16.5 Å². The third-order valence-corrected chi connectivity index (χ3v) is 10.3.